The number of hydrogen-bond acceptors (Lipinski definition) is 5. The number of likely N-dealkylation sites (tertiary alicyclic amines) is 1. The van der Waals surface area contributed by atoms with Crippen molar-refractivity contribution in [3.8, 4) is 0 Å². The van der Waals surface area contributed by atoms with Crippen LogP contribution in [0, 0.1) is 18.7 Å². The molecule has 0 aliphatic carbocycles. The van der Waals surface area contributed by atoms with Crippen LogP contribution in [0.15, 0.2) is 23.0 Å². The molecule has 3 heterocycles. The molecule has 4 rings (SSSR count). The van der Waals surface area contributed by atoms with Crippen molar-refractivity contribution < 1.29 is 9.18 Å². The molecule has 1 atom stereocenters. The molecule has 1 aromatic carbocycles. The number of H-pyrrole nitrogens is 1. The van der Waals surface area contributed by atoms with E-state index in [-0.39, 0.29) is 34.3 Å². The van der Waals surface area contributed by atoms with Crippen LogP contribution in [0.4, 0.5) is 4.39 Å². The Hall–Kier alpha value is -2.81. The molecule has 1 fully saturated rings. The molecule has 0 radical (unpaired) electrons. The van der Waals surface area contributed by atoms with Crippen molar-refractivity contribution in [2.45, 2.75) is 32.7 Å². The number of aromatic nitrogens is 5. The molecule has 29 heavy (non-hydrogen) atoms. The molecule has 3 aromatic rings. The third kappa shape index (κ3) is 4.14. The first-order chi connectivity index (χ1) is 13.9. The molecule has 2 aromatic heterocycles. The normalized spacial score (nSPS) is 17.1. The van der Waals surface area contributed by atoms with Gasteiger partial charge in [0.25, 0.3) is 5.56 Å². The molecule has 0 bridgehead atoms. The van der Waals surface area contributed by atoms with Gasteiger partial charge in [-0.15, -0.1) is 5.10 Å². The van der Waals surface area contributed by atoms with E-state index in [4.69, 9.17) is 11.6 Å². The highest BCUT2D eigenvalue weighted by atomic mass is 35.5. The van der Waals surface area contributed by atoms with Crippen molar-refractivity contribution in [2.24, 2.45) is 5.92 Å². The van der Waals surface area contributed by atoms with Gasteiger partial charge < -0.3 is 9.88 Å². The molecule has 1 amide bonds. The molecule has 0 saturated carbocycles. The van der Waals surface area contributed by atoms with E-state index in [0.717, 1.165) is 12.8 Å². The number of rotatable bonds is 4. The van der Waals surface area contributed by atoms with Crippen LogP contribution in [0.5, 0.6) is 0 Å². The van der Waals surface area contributed by atoms with Crippen LogP contribution in [-0.2, 0) is 17.8 Å². The summed E-state index contributed by atoms with van der Waals surface area (Å²) < 4.78 is 14.8. The fourth-order valence-corrected chi connectivity index (χ4v) is 3.96. The fourth-order valence-electron chi connectivity index (χ4n) is 3.72. The summed E-state index contributed by atoms with van der Waals surface area (Å²) in [7, 11) is 0. The minimum absolute atomic E-state index is 0.0444. The third-order valence-corrected chi connectivity index (χ3v) is 5.50. The van der Waals surface area contributed by atoms with E-state index in [1.807, 2.05) is 0 Å². The number of aryl methyl sites for hydroxylation is 1. The van der Waals surface area contributed by atoms with Crippen LogP contribution in [0.1, 0.15) is 24.2 Å². The second-order valence-corrected chi connectivity index (χ2v) is 7.76. The smallest absolute Gasteiger partial charge is 0.281 e. The SMILES string of the molecule is Cc1nc2c(nnn2C[C@H]2CCCN(C(=O)Cc3ccc(F)cc3Cl)C2)c(=O)[nH]1. The average Bonchev–Trinajstić information content (AvgIpc) is 3.07. The molecule has 0 unspecified atom stereocenters. The highest BCUT2D eigenvalue weighted by Gasteiger charge is 2.25. The van der Waals surface area contributed by atoms with Gasteiger partial charge in [-0.1, -0.05) is 22.9 Å². The minimum atomic E-state index is -0.424. The number of carbonyl (C=O) groups excluding carboxylic acids is 1. The Morgan fingerprint density at radius 3 is 3.03 bits per heavy atom. The van der Waals surface area contributed by atoms with Gasteiger partial charge in [0, 0.05) is 24.7 Å². The molecule has 1 aliphatic heterocycles. The number of carbonyl (C=O) groups is 1. The first-order valence-corrected chi connectivity index (χ1v) is 9.80. The van der Waals surface area contributed by atoms with Gasteiger partial charge >= 0.3 is 0 Å². The lowest BCUT2D eigenvalue weighted by Crippen LogP contribution is -2.42. The summed E-state index contributed by atoms with van der Waals surface area (Å²) in [6.45, 7) is 3.47. The van der Waals surface area contributed by atoms with Gasteiger partial charge in [-0.3, -0.25) is 9.59 Å². The van der Waals surface area contributed by atoms with E-state index in [0.29, 0.717) is 36.7 Å². The summed E-state index contributed by atoms with van der Waals surface area (Å²) in [4.78, 5) is 33.5. The van der Waals surface area contributed by atoms with Crippen molar-refractivity contribution in [1.29, 1.82) is 0 Å². The standard InChI is InChI=1S/C19H20ClFN6O2/c1-11-22-18-17(19(29)23-11)24-25-27(18)10-12-3-2-6-26(9-12)16(28)7-13-4-5-14(21)8-15(13)20/h4-5,8,12H,2-3,6-7,9-10H2,1H3,(H,22,23,29)/t12-/m0/s1. The molecular weight excluding hydrogens is 399 g/mol. The summed E-state index contributed by atoms with van der Waals surface area (Å²) in [6, 6.07) is 4.07. The number of nitrogens with one attached hydrogen (secondary N) is 1. The summed E-state index contributed by atoms with van der Waals surface area (Å²) in [5.74, 6) is 0.203. The Labute approximate surface area is 170 Å². The molecule has 1 aliphatic rings. The highest BCUT2D eigenvalue weighted by Crippen LogP contribution is 2.22. The monoisotopic (exact) mass is 418 g/mol. The largest absolute Gasteiger partial charge is 0.342 e. The summed E-state index contributed by atoms with van der Waals surface area (Å²) >= 11 is 6.05. The molecule has 1 saturated heterocycles. The maximum atomic E-state index is 13.2. The molecule has 152 valence electrons. The Balaban J connectivity index is 1.46. The number of hydrogen-bond donors (Lipinski definition) is 1. The van der Waals surface area contributed by atoms with Gasteiger partial charge in [0.15, 0.2) is 11.2 Å². The van der Waals surface area contributed by atoms with E-state index in [9.17, 15) is 14.0 Å². The number of fused-ring (bicyclic) bond motifs is 1. The van der Waals surface area contributed by atoms with E-state index in [2.05, 4.69) is 20.3 Å². The van der Waals surface area contributed by atoms with E-state index >= 15 is 0 Å². The maximum Gasteiger partial charge on any atom is 0.281 e. The lowest BCUT2D eigenvalue weighted by atomic mass is 9.97. The quantitative estimate of drug-likeness (QED) is 0.699. The van der Waals surface area contributed by atoms with Crippen molar-refractivity contribution in [1.82, 2.24) is 29.9 Å². The number of aromatic amines is 1. The Bertz CT molecular complexity index is 1130. The number of benzene rings is 1. The zero-order valence-electron chi connectivity index (χ0n) is 15.9. The molecule has 1 N–H and O–H groups in total. The zero-order chi connectivity index (χ0) is 20.5. The van der Waals surface area contributed by atoms with Crippen molar-refractivity contribution in [3.63, 3.8) is 0 Å². The van der Waals surface area contributed by atoms with Gasteiger partial charge in [0.05, 0.1) is 6.42 Å². The maximum absolute atomic E-state index is 13.2. The molecule has 8 nitrogen and oxygen atoms in total. The minimum Gasteiger partial charge on any atom is -0.342 e. The van der Waals surface area contributed by atoms with Gasteiger partial charge in [-0.25, -0.2) is 14.1 Å². The lowest BCUT2D eigenvalue weighted by molar-refractivity contribution is -0.132. The summed E-state index contributed by atoms with van der Waals surface area (Å²) in [6.07, 6.45) is 1.94. The van der Waals surface area contributed by atoms with Gasteiger partial charge in [-0.2, -0.15) is 0 Å². The first kappa shape index (κ1) is 19.5. The third-order valence-electron chi connectivity index (χ3n) is 5.15. The second kappa shape index (κ2) is 7.90. The zero-order valence-corrected chi connectivity index (χ0v) is 16.6. The number of halogens is 2. The van der Waals surface area contributed by atoms with E-state index < -0.39 is 5.82 Å². The van der Waals surface area contributed by atoms with Crippen molar-refractivity contribution in [2.75, 3.05) is 13.1 Å². The van der Waals surface area contributed by atoms with Crippen LogP contribution in [0.25, 0.3) is 11.2 Å². The summed E-state index contributed by atoms with van der Waals surface area (Å²) in [5.41, 5.74) is 0.967. The predicted molar refractivity (Wildman–Crippen MR) is 105 cm³/mol. The fraction of sp³-hybridized carbons (Fsp3) is 0.421. The number of piperidine rings is 1. The molecular formula is C19H20ClFN6O2. The van der Waals surface area contributed by atoms with Crippen molar-refractivity contribution >= 4 is 28.7 Å². The lowest BCUT2D eigenvalue weighted by Gasteiger charge is -2.32. The van der Waals surface area contributed by atoms with E-state index in [1.54, 1.807) is 22.6 Å². The first-order valence-electron chi connectivity index (χ1n) is 9.42. The number of amides is 1. The summed E-state index contributed by atoms with van der Waals surface area (Å²) in [5, 5.41) is 8.27. The van der Waals surface area contributed by atoms with Crippen LogP contribution in [0.2, 0.25) is 5.02 Å². The van der Waals surface area contributed by atoms with E-state index in [1.165, 1.54) is 12.1 Å². The molecule has 0 spiro atoms. The van der Waals surface area contributed by atoms with Gasteiger partial charge in [-0.05, 0) is 43.4 Å². The van der Waals surface area contributed by atoms with Crippen LogP contribution in [-0.4, -0.2) is 48.9 Å². The Morgan fingerprint density at radius 1 is 1.41 bits per heavy atom. The van der Waals surface area contributed by atoms with Crippen molar-refractivity contribution in [3.05, 3.63) is 50.8 Å². The predicted octanol–water partition coefficient (Wildman–Crippen LogP) is 2.10. The van der Waals surface area contributed by atoms with Gasteiger partial charge in [0.2, 0.25) is 5.91 Å². The number of nitrogens with zero attached hydrogens (tertiary/aromatic N) is 5. The Morgan fingerprint density at radius 2 is 2.24 bits per heavy atom. The highest BCUT2D eigenvalue weighted by molar-refractivity contribution is 6.31. The second-order valence-electron chi connectivity index (χ2n) is 7.36. The van der Waals surface area contributed by atoms with Crippen LogP contribution in [0.3, 0.4) is 0 Å². The average molecular weight is 419 g/mol. The van der Waals surface area contributed by atoms with Crippen LogP contribution >= 0.6 is 11.6 Å². The van der Waals surface area contributed by atoms with Crippen LogP contribution < -0.4 is 5.56 Å². The molecule has 10 heteroatoms. The Kier molecular flexibility index (Phi) is 5.31. The topological polar surface area (TPSA) is 96.8 Å². The van der Waals surface area contributed by atoms with Gasteiger partial charge in [0.1, 0.15) is 11.6 Å².